The molecule has 1 aromatic heterocycles. The zero-order chi connectivity index (χ0) is 24.5. The highest BCUT2D eigenvalue weighted by Gasteiger charge is 2.45. The van der Waals surface area contributed by atoms with E-state index in [0.29, 0.717) is 17.7 Å². The van der Waals surface area contributed by atoms with Crippen LogP contribution in [0, 0.1) is 0 Å². The lowest BCUT2D eigenvalue weighted by atomic mass is 9.96. The Labute approximate surface area is 210 Å². The number of hydrogen-bond donors (Lipinski definition) is 1. The lowest BCUT2D eigenvalue weighted by molar-refractivity contribution is -0.140. The van der Waals surface area contributed by atoms with Crippen LogP contribution in [-0.4, -0.2) is 57.8 Å². The van der Waals surface area contributed by atoms with E-state index in [1.165, 1.54) is 0 Å². The van der Waals surface area contributed by atoms with Crippen molar-refractivity contribution in [3.05, 3.63) is 70.0 Å². The van der Waals surface area contributed by atoms with Crippen LogP contribution in [0.4, 0.5) is 0 Å². The second-order valence-electron chi connectivity index (χ2n) is 8.69. The van der Waals surface area contributed by atoms with Crippen LogP contribution in [0.5, 0.6) is 0 Å². The van der Waals surface area contributed by atoms with Crippen LogP contribution in [0.25, 0.3) is 5.76 Å². The largest absolute Gasteiger partial charge is 0.507 e. The van der Waals surface area contributed by atoms with Gasteiger partial charge in [0.2, 0.25) is 0 Å². The van der Waals surface area contributed by atoms with Crippen molar-refractivity contribution in [2.75, 3.05) is 26.2 Å². The Morgan fingerprint density at radius 1 is 1.03 bits per heavy atom. The molecule has 0 aliphatic carbocycles. The molecule has 1 aliphatic rings. The SMILES string of the molecule is CCCCN(CCCC)CCCN1C(=O)C(=O)C(=C(O)c2ccc(Br)cc2)[C@H]1c1cccnc1. The third-order valence-electron chi connectivity index (χ3n) is 6.19. The molecule has 1 aromatic carbocycles. The van der Waals surface area contributed by atoms with Crippen molar-refractivity contribution < 1.29 is 14.7 Å². The number of rotatable bonds is 12. The third-order valence-corrected chi connectivity index (χ3v) is 6.72. The summed E-state index contributed by atoms with van der Waals surface area (Å²) in [5.74, 6) is -1.38. The monoisotopic (exact) mass is 527 g/mol. The number of carbonyl (C=O) groups is 2. The molecule has 2 aromatic rings. The van der Waals surface area contributed by atoms with Gasteiger partial charge in [-0.05, 0) is 62.7 Å². The number of aromatic nitrogens is 1. The first-order chi connectivity index (χ1) is 16.5. The van der Waals surface area contributed by atoms with E-state index in [4.69, 9.17) is 0 Å². The first-order valence-electron chi connectivity index (χ1n) is 12.1. The van der Waals surface area contributed by atoms with E-state index in [0.717, 1.165) is 56.2 Å². The molecule has 0 radical (unpaired) electrons. The molecule has 1 N–H and O–H groups in total. The molecule has 1 aliphatic heterocycles. The number of likely N-dealkylation sites (tertiary alicyclic amines) is 1. The molecule has 0 spiro atoms. The number of carbonyl (C=O) groups excluding carboxylic acids is 2. The van der Waals surface area contributed by atoms with Gasteiger partial charge < -0.3 is 14.9 Å². The van der Waals surface area contributed by atoms with Gasteiger partial charge in [0, 0.05) is 29.0 Å². The van der Waals surface area contributed by atoms with Gasteiger partial charge in [0.15, 0.2) is 0 Å². The summed E-state index contributed by atoms with van der Waals surface area (Å²) in [5, 5.41) is 11.1. The van der Waals surface area contributed by atoms with Crippen LogP contribution in [0.15, 0.2) is 58.8 Å². The zero-order valence-electron chi connectivity index (χ0n) is 20.0. The van der Waals surface area contributed by atoms with Crippen molar-refractivity contribution in [2.45, 2.75) is 52.0 Å². The van der Waals surface area contributed by atoms with E-state index < -0.39 is 17.7 Å². The predicted molar refractivity (Wildman–Crippen MR) is 138 cm³/mol. The summed E-state index contributed by atoms with van der Waals surface area (Å²) in [6, 6.07) is 10.0. The van der Waals surface area contributed by atoms with Crippen molar-refractivity contribution in [1.29, 1.82) is 0 Å². The fraction of sp³-hybridized carbons (Fsp3) is 0.444. The van der Waals surface area contributed by atoms with E-state index >= 15 is 0 Å². The maximum Gasteiger partial charge on any atom is 0.295 e. The number of unbranched alkanes of at least 4 members (excludes halogenated alkanes) is 2. The van der Waals surface area contributed by atoms with Gasteiger partial charge in [-0.2, -0.15) is 0 Å². The number of nitrogens with zero attached hydrogens (tertiary/aromatic N) is 3. The van der Waals surface area contributed by atoms with E-state index in [1.807, 2.05) is 6.07 Å². The number of halogens is 1. The van der Waals surface area contributed by atoms with Gasteiger partial charge in [-0.3, -0.25) is 14.6 Å². The van der Waals surface area contributed by atoms with Gasteiger partial charge in [-0.25, -0.2) is 0 Å². The second kappa shape index (κ2) is 12.8. The fourth-order valence-corrected chi connectivity index (χ4v) is 4.59. The maximum absolute atomic E-state index is 13.1. The van der Waals surface area contributed by atoms with Crippen molar-refractivity contribution in [3.8, 4) is 0 Å². The Hall–Kier alpha value is -2.51. The van der Waals surface area contributed by atoms with Crippen LogP contribution in [0.1, 0.15) is 63.1 Å². The van der Waals surface area contributed by atoms with Crippen molar-refractivity contribution in [1.82, 2.24) is 14.8 Å². The van der Waals surface area contributed by atoms with E-state index in [9.17, 15) is 14.7 Å². The molecule has 0 bridgehead atoms. The highest BCUT2D eigenvalue weighted by molar-refractivity contribution is 9.10. The average molecular weight is 528 g/mol. The molecular formula is C27H34BrN3O3. The van der Waals surface area contributed by atoms with Gasteiger partial charge in [0.1, 0.15) is 5.76 Å². The molecule has 1 atom stereocenters. The number of aliphatic hydroxyl groups is 1. The van der Waals surface area contributed by atoms with Gasteiger partial charge in [-0.1, -0.05) is 60.8 Å². The van der Waals surface area contributed by atoms with Gasteiger partial charge in [-0.15, -0.1) is 0 Å². The third kappa shape index (κ3) is 6.33. The molecular weight excluding hydrogens is 494 g/mol. The zero-order valence-corrected chi connectivity index (χ0v) is 21.6. The molecule has 7 heteroatoms. The van der Waals surface area contributed by atoms with E-state index in [2.05, 4.69) is 39.7 Å². The normalized spacial score (nSPS) is 17.6. The van der Waals surface area contributed by atoms with Gasteiger partial charge in [0.25, 0.3) is 11.7 Å². The predicted octanol–water partition coefficient (Wildman–Crippen LogP) is 5.56. The molecule has 34 heavy (non-hydrogen) atoms. The number of aliphatic hydroxyl groups excluding tert-OH is 1. The minimum absolute atomic E-state index is 0.120. The number of Topliss-reactive ketones (excluding diaryl/α,β-unsaturated/α-hetero) is 1. The lowest BCUT2D eigenvalue weighted by Gasteiger charge is -2.27. The lowest BCUT2D eigenvalue weighted by Crippen LogP contribution is -2.34. The summed E-state index contributed by atoms with van der Waals surface area (Å²) in [4.78, 5) is 34.5. The Morgan fingerprint density at radius 3 is 2.26 bits per heavy atom. The Bertz CT molecular complexity index is 984. The molecule has 182 valence electrons. The Kier molecular flexibility index (Phi) is 9.84. The number of amides is 1. The quantitative estimate of drug-likeness (QED) is 0.222. The van der Waals surface area contributed by atoms with Crippen molar-refractivity contribution in [2.24, 2.45) is 0 Å². The first-order valence-corrected chi connectivity index (χ1v) is 12.9. The van der Waals surface area contributed by atoms with Crippen LogP contribution in [0.2, 0.25) is 0 Å². The molecule has 0 saturated carbocycles. The number of benzene rings is 1. The highest BCUT2D eigenvalue weighted by atomic mass is 79.9. The Balaban J connectivity index is 1.87. The smallest absolute Gasteiger partial charge is 0.295 e. The summed E-state index contributed by atoms with van der Waals surface area (Å²) in [6.07, 6.45) is 8.67. The van der Waals surface area contributed by atoms with Gasteiger partial charge >= 0.3 is 0 Å². The van der Waals surface area contributed by atoms with Crippen LogP contribution < -0.4 is 0 Å². The summed E-state index contributed by atoms with van der Waals surface area (Å²) >= 11 is 3.39. The first kappa shape index (κ1) is 26.1. The standard InChI is InChI=1S/C27H34BrN3O3/c1-3-5-15-30(16-6-4-2)17-8-18-31-24(21-9-7-14-29-19-21)23(26(33)27(31)34)25(32)20-10-12-22(28)13-11-20/h7,9-14,19,24,32H,3-6,8,15-18H2,1-2H3/t24-/m1/s1. The van der Waals surface area contributed by atoms with Gasteiger partial charge in [0.05, 0.1) is 11.6 Å². The molecule has 3 rings (SSSR count). The van der Waals surface area contributed by atoms with Crippen LogP contribution in [0.3, 0.4) is 0 Å². The highest BCUT2D eigenvalue weighted by Crippen LogP contribution is 2.39. The molecule has 6 nitrogen and oxygen atoms in total. The molecule has 1 saturated heterocycles. The minimum atomic E-state index is -0.655. The average Bonchev–Trinajstić information content (AvgIpc) is 3.11. The summed E-state index contributed by atoms with van der Waals surface area (Å²) in [6.45, 7) is 7.79. The summed E-state index contributed by atoms with van der Waals surface area (Å²) in [7, 11) is 0. The summed E-state index contributed by atoms with van der Waals surface area (Å²) < 4.78 is 0.865. The van der Waals surface area contributed by atoms with Crippen molar-refractivity contribution in [3.63, 3.8) is 0 Å². The fourth-order valence-electron chi connectivity index (χ4n) is 4.32. The number of pyridine rings is 1. The number of ketones is 1. The molecule has 2 heterocycles. The maximum atomic E-state index is 13.1. The Morgan fingerprint density at radius 2 is 1.68 bits per heavy atom. The van der Waals surface area contributed by atoms with Crippen molar-refractivity contribution >= 4 is 33.4 Å². The van der Waals surface area contributed by atoms with E-state index in [-0.39, 0.29) is 11.3 Å². The number of hydrogen-bond acceptors (Lipinski definition) is 5. The second-order valence-corrected chi connectivity index (χ2v) is 9.60. The molecule has 0 unspecified atom stereocenters. The minimum Gasteiger partial charge on any atom is -0.507 e. The molecule has 1 amide bonds. The van der Waals surface area contributed by atoms with Crippen LogP contribution in [-0.2, 0) is 9.59 Å². The topological polar surface area (TPSA) is 73.7 Å². The summed E-state index contributed by atoms with van der Waals surface area (Å²) in [5.41, 5.74) is 1.34. The van der Waals surface area contributed by atoms with Crippen LogP contribution >= 0.6 is 15.9 Å². The molecule has 1 fully saturated rings. The van der Waals surface area contributed by atoms with E-state index in [1.54, 1.807) is 47.6 Å².